The summed E-state index contributed by atoms with van der Waals surface area (Å²) in [5.41, 5.74) is 2.04. The summed E-state index contributed by atoms with van der Waals surface area (Å²) in [6.07, 6.45) is 1.23. The first-order valence-electron chi connectivity index (χ1n) is 11.9. The van der Waals surface area contributed by atoms with E-state index in [1.165, 1.54) is 5.56 Å². The van der Waals surface area contributed by atoms with E-state index in [0.29, 0.717) is 44.3 Å². The van der Waals surface area contributed by atoms with E-state index in [1.54, 1.807) is 12.0 Å². The molecule has 2 fully saturated rings. The number of nitrogens with zero attached hydrogens (tertiary/aromatic N) is 3. The fraction of sp³-hybridized carbons (Fsp3) is 0.462. The molecule has 3 aliphatic heterocycles. The summed E-state index contributed by atoms with van der Waals surface area (Å²) in [7, 11) is 1.67. The maximum absolute atomic E-state index is 13.2. The quantitative estimate of drug-likeness (QED) is 0.652. The van der Waals surface area contributed by atoms with Crippen molar-refractivity contribution in [3.63, 3.8) is 0 Å². The van der Waals surface area contributed by atoms with E-state index in [9.17, 15) is 9.59 Å². The zero-order chi connectivity index (χ0) is 23.5. The molecule has 5 rings (SSSR count). The van der Waals surface area contributed by atoms with Crippen molar-refractivity contribution in [1.82, 2.24) is 9.80 Å². The molecule has 8 nitrogen and oxygen atoms in total. The number of methoxy groups -OCH3 is 1. The minimum absolute atomic E-state index is 0.0202. The number of anilines is 1. The van der Waals surface area contributed by atoms with Gasteiger partial charge in [-0.3, -0.25) is 14.5 Å². The van der Waals surface area contributed by atoms with Crippen LogP contribution in [0.3, 0.4) is 0 Å². The van der Waals surface area contributed by atoms with Crippen molar-refractivity contribution in [3.8, 4) is 17.2 Å². The number of rotatable bonds is 6. The summed E-state index contributed by atoms with van der Waals surface area (Å²) in [6, 6.07) is 13.7. The van der Waals surface area contributed by atoms with Gasteiger partial charge in [0.25, 0.3) is 0 Å². The Kier molecular flexibility index (Phi) is 6.58. The number of hydrogen-bond acceptors (Lipinski definition) is 6. The number of benzene rings is 2. The third kappa shape index (κ3) is 4.82. The highest BCUT2D eigenvalue weighted by Gasteiger charge is 2.38. The standard InChI is InChI=1S/C26H31N3O5/c1-32-22-5-2-19(3-6-22)8-9-27-10-12-28(13-11-27)26(31)20-16-25(30)29(18-20)21-4-7-23-24(17-21)34-15-14-33-23/h2-7,17,20H,8-16,18H2,1H3. The van der Waals surface area contributed by atoms with E-state index < -0.39 is 0 Å². The SMILES string of the molecule is COc1ccc(CCN2CCN(C(=O)C3CC(=O)N(c4ccc5c(c4)OCCO5)C3)CC2)cc1. The van der Waals surface area contributed by atoms with E-state index in [0.717, 1.165) is 37.5 Å². The van der Waals surface area contributed by atoms with Gasteiger partial charge in [0.2, 0.25) is 11.8 Å². The third-order valence-corrected chi connectivity index (χ3v) is 6.87. The average Bonchev–Trinajstić information content (AvgIpc) is 3.29. The molecule has 0 aromatic heterocycles. The topological polar surface area (TPSA) is 71.6 Å². The molecule has 3 heterocycles. The molecule has 0 aliphatic carbocycles. The molecule has 0 spiro atoms. The van der Waals surface area contributed by atoms with Crippen LogP contribution in [-0.4, -0.2) is 81.2 Å². The largest absolute Gasteiger partial charge is 0.497 e. The van der Waals surface area contributed by atoms with Crippen molar-refractivity contribution < 1.29 is 23.8 Å². The molecule has 0 N–H and O–H groups in total. The molecule has 0 saturated carbocycles. The van der Waals surface area contributed by atoms with Crippen LogP contribution in [0, 0.1) is 5.92 Å². The molecule has 1 atom stereocenters. The van der Waals surface area contributed by atoms with Crippen LogP contribution in [0.25, 0.3) is 0 Å². The maximum atomic E-state index is 13.2. The van der Waals surface area contributed by atoms with E-state index in [-0.39, 0.29) is 24.2 Å². The number of fused-ring (bicyclic) bond motifs is 1. The van der Waals surface area contributed by atoms with Crippen molar-refractivity contribution in [3.05, 3.63) is 48.0 Å². The van der Waals surface area contributed by atoms with Crippen molar-refractivity contribution in [2.75, 3.05) is 64.5 Å². The van der Waals surface area contributed by atoms with Crippen LogP contribution >= 0.6 is 0 Å². The summed E-state index contributed by atoms with van der Waals surface area (Å²) >= 11 is 0. The van der Waals surface area contributed by atoms with Gasteiger partial charge in [-0.1, -0.05) is 12.1 Å². The first kappa shape index (κ1) is 22.5. The molecule has 3 aliphatic rings. The smallest absolute Gasteiger partial charge is 0.228 e. The second-order valence-corrected chi connectivity index (χ2v) is 9.00. The van der Waals surface area contributed by atoms with Crippen LogP contribution in [-0.2, 0) is 16.0 Å². The Labute approximate surface area is 200 Å². The minimum atomic E-state index is -0.299. The van der Waals surface area contributed by atoms with E-state index in [1.807, 2.05) is 35.2 Å². The van der Waals surface area contributed by atoms with Crippen LogP contribution in [0.5, 0.6) is 17.2 Å². The Hall–Kier alpha value is -3.26. The van der Waals surface area contributed by atoms with Gasteiger partial charge < -0.3 is 24.0 Å². The second-order valence-electron chi connectivity index (χ2n) is 9.00. The highest BCUT2D eigenvalue weighted by molar-refractivity contribution is 6.00. The summed E-state index contributed by atoms with van der Waals surface area (Å²) in [5.74, 6) is 1.98. The molecule has 2 amide bonds. The van der Waals surface area contributed by atoms with Gasteiger partial charge in [0.05, 0.1) is 13.0 Å². The molecule has 34 heavy (non-hydrogen) atoms. The molecule has 2 aromatic rings. The lowest BCUT2D eigenvalue weighted by atomic mass is 10.1. The Morgan fingerprint density at radius 1 is 1.00 bits per heavy atom. The molecule has 2 saturated heterocycles. The molecule has 1 unspecified atom stereocenters. The van der Waals surface area contributed by atoms with Crippen LogP contribution in [0.4, 0.5) is 5.69 Å². The predicted octanol–water partition coefficient (Wildman–Crippen LogP) is 2.21. The van der Waals surface area contributed by atoms with Crippen LogP contribution in [0.15, 0.2) is 42.5 Å². The summed E-state index contributed by atoms with van der Waals surface area (Å²) in [6.45, 7) is 5.52. The summed E-state index contributed by atoms with van der Waals surface area (Å²) in [4.78, 5) is 31.9. The van der Waals surface area contributed by atoms with Crippen molar-refractivity contribution in [2.45, 2.75) is 12.8 Å². The summed E-state index contributed by atoms with van der Waals surface area (Å²) < 4.78 is 16.4. The molecular formula is C26H31N3O5. The number of carbonyl (C=O) groups is 2. The molecule has 2 aromatic carbocycles. The van der Waals surface area contributed by atoms with Crippen LogP contribution < -0.4 is 19.1 Å². The van der Waals surface area contributed by atoms with Gasteiger partial charge in [0, 0.05) is 57.4 Å². The van der Waals surface area contributed by atoms with E-state index in [4.69, 9.17) is 14.2 Å². The normalized spacial score (nSPS) is 20.5. The zero-order valence-corrected chi connectivity index (χ0v) is 19.6. The predicted molar refractivity (Wildman–Crippen MR) is 128 cm³/mol. The van der Waals surface area contributed by atoms with Crippen molar-refractivity contribution >= 4 is 17.5 Å². The number of ether oxygens (including phenoxy) is 3. The van der Waals surface area contributed by atoms with Crippen molar-refractivity contribution in [2.24, 2.45) is 5.92 Å². The van der Waals surface area contributed by atoms with Gasteiger partial charge in [-0.05, 0) is 36.2 Å². The molecule has 0 bridgehead atoms. The molecule has 8 heteroatoms. The monoisotopic (exact) mass is 465 g/mol. The highest BCUT2D eigenvalue weighted by atomic mass is 16.6. The zero-order valence-electron chi connectivity index (χ0n) is 19.6. The fourth-order valence-electron chi connectivity index (χ4n) is 4.85. The van der Waals surface area contributed by atoms with E-state index >= 15 is 0 Å². The number of amides is 2. The first-order valence-corrected chi connectivity index (χ1v) is 11.9. The Balaban J connectivity index is 1.12. The van der Waals surface area contributed by atoms with E-state index in [2.05, 4.69) is 17.0 Å². The Morgan fingerprint density at radius 3 is 2.47 bits per heavy atom. The molecule has 0 radical (unpaired) electrons. The molecule has 180 valence electrons. The lowest BCUT2D eigenvalue weighted by Gasteiger charge is -2.36. The number of piperazine rings is 1. The van der Waals surface area contributed by atoms with Gasteiger partial charge in [0.1, 0.15) is 19.0 Å². The minimum Gasteiger partial charge on any atom is -0.497 e. The maximum Gasteiger partial charge on any atom is 0.228 e. The molecular weight excluding hydrogens is 434 g/mol. The van der Waals surface area contributed by atoms with Crippen LogP contribution in [0.2, 0.25) is 0 Å². The first-order chi connectivity index (χ1) is 16.6. The third-order valence-electron chi connectivity index (χ3n) is 6.87. The average molecular weight is 466 g/mol. The highest BCUT2D eigenvalue weighted by Crippen LogP contribution is 2.36. The fourth-order valence-corrected chi connectivity index (χ4v) is 4.85. The lowest BCUT2D eigenvalue weighted by molar-refractivity contribution is -0.137. The van der Waals surface area contributed by atoms with Crippen LogP contribution in [0.1, 0.15) is 12.0 Å². The van der Waals surface area contributed by atoms with Gasteiger partial charge >= 0.3 is 0 Å². The number of hydrogen-bond donors (Lipinski definition) is 0. The van der Waals surface area contributed by atoms with Crippen molar-refractivity contribution in [1.29, 1.82) is 0 Å². The Morgan fingerprint density at radius 2 is 1.74 bits per heavy atom. The lowest BCUT2D eigenvalue weighted by Crippen LogP contribution is -2.51. The number of carbonyl (C=O) groups excluding carboxylic acids is 2. The van der Waals surface area contributed by atoms with Gasteiger partial charge in [-0.2, -0.15) is 0 Å². The summed E-state index contributed by atoms with van der Waals surface area (Å²) in [5, 5.41) is 0. The Bertz CT molecular complexity index is 1030. The second kappa shape index (κ2) is 9.93. The van der Waals surface area contributed by atoms with Gasteiger partial charge in [0.15, 0.2) is 11.5 Å². The van der Waals surface area contributed by atoms with Gasteiger partial charge in [-0.15, -0.1) is 0 Å². The van der Waals surface area contributed by atoms with Gasteiger partial charge in [-0.25, -0.2) is 0 Å².